The first kappa shape index (κ1) is 17.5. The molecule has 0 bridgehead atoms. The Balaban J connectivity index is 1.85. The molecule has 1 aliphatic heterocycles. The number of carbonyl (C=O) groups is 1. The van der Waals surface area contributed by atoms with E-state index in [9.17, 15) is 4.79 Å². The molecule has 4 rings (SSSR count). The number of aromatic nitrogens is 2. The van der Waals surface area contributed by atoms with Gasteiger partial charge in [0.1, 0.15) is 5.69 Å². The Morgan fingerprint density at radius 3 is 2.37 bits per heavy atom. The summed E-state index contributed by atoms with van der Waals surface area (Å²) in [4.78, 5) is 15.0. The summed E-state index contributed by atoms with van der Waals surface area (Å²) in [5, 5.41) is 7.54. The second-order valence-electron chi connectivity index (χ2n) is 7.22. The highest BCUT2D eigenvalue weighted by molar-refractivity contribution is 6.00. The Bertz CT molecular complexity index is 954. The van der Waals surface area contributed by atoms with E-state index in [1.54, 1.807) is 0 Å². The van der Waals surface area contributed by atoms with Crippen LogP contribution in [0.3, 0.4) is 0 Å². The molecule has 1 aliphatic rings. The second kappa shape index (κ2) is 7.03. The van der Waals surface area contributed by atoms with Crippen molar-refractivity contribution < 1.29 is 4.79 Å². The van der Waals surface area contributed by atoms with Gasteiger partial charge in [0, 0.05) is 17.7 Å². The maximum absolute atomic E-state index is 13.0. The van der Waals surface area contributed by atoms with Gasteiger partial charge in [0.05, 0.1) is 11.7 Å². The van der Waals surface area contributed by atoms with Crippen molar-refractivity contribution in [3.63, 3.8) is 0 Å². The van der Waals surface area contributed by atoms with Crippen LogP contribution in [0.4, 0.5) is 0 Å². The minimum absolute atomic E-state index is 0.0438. The van der Waals surface area contributed by atoms with Crippen LogP contribution in [-0.4, -0.2) is 27.5 Å². The van der Waals surface area contributed by atoms with Crippen molar-refractivity contribution in [2.45, 2.75) is 39.7 Å². The number of benzene rings is 2. The summed E-state index contributed by atoms with van der Waals surface area (Å²) in [6.07, 6.45) is 1.93. The quantitative estimate of drug-likeness (QED) is 0.704. The summed E-state index contributed by atoms with van der Waals surface area (Å²) in [5.74, 6) is 0.0438. The van der Waals surface area contributed by atoms with E-state index in [-0.39, 0.29) is 11.9 Å². The molecule has 4 heteroatoms. The molecule has 1 aromatic heterocycles. The Morgan fingerprint density at radius 1 is 1.04 bits per heavy atom. The van der Waals surface area contributed by atoms with Crippen LogP contribution in [0.1, 0.15) is 59.1 Å². The van der Waals surface area contributed by atoms with Crippen molar-refractivity contribution in [2.75, 3.05) is 6.54 Å². The predicted molar refractivity (Wildman–Crippen MR) is 108 cm³/mol. The zero-order valence-electron chi connectivity index (χ0n) is 16.1. The molecule has 0 aliphatic carbocycles. The maximum atomic E-state index is 13.0. The van der Waals surface area contributed by atoms with E-state index in [1.807, 2.05) is 4.90 Å². The van der Waals surface area contributed by atoms with E-state index in [0.29, 0.717) is 5.69 Å². The fraction of sp³-hybridized carbons (Fsp3) is 0.304. The van der Waals surface area contributed by atoms with Gasteiger partial charge in [0.15, 0.2) is 0 Å². The van der Waals surface area contributed by atoms with Crippen LogP contribution in [0.5, 0.6) is 0 Å². The molecular formula is C23H25N3O. The SMILES string of the molecule is CCCN1C(=O)c2[nH]nc(-c3ccc(C)cc3)c2C1c1ccc(CC)cc1. The third kappa shape index (κ3) is 2.95. The molecule has 0 saturated carbocycles. The number of nitrogens with zero attached hydrogens (tertiary/aromatic N) is 2. The topological polar surface area (TPSA) is 49.0 Å². The Morgan fingerprint density at radius 2 is 1.74 bits per heavy atom. The van der Waals surface area contributed by atoms with Crippen LogP contribution < -0.4 is 0 Å². The molecule has 1 unspecified atom stereocenters. The lowest BCUT2D eigenvalue weighted by molar-refractivity contribution is 0.0744. The normalized spacial score (nSPS) is 16.0. The van der Waals surface area contributed by atoms with Crippen LogP contribution in [0.15, 0.2) is 48.5 Å². The highest BCUT2D eigenvalue weighted by Gasteiger charge is 2.41. The van der Waals surface area contributed by atoms with E-state index in [1.165, 1.54) is 11.1 Å². The Labute approximate surface area is 160 Å². The lowest BCUT2D eigenvalue weighted by Crippen LogP contribution is -2.30. The van der Waals surface area contributed by atoms with Crippen molar-refractivity contribution >= 4 is 5.91 Å². The number of nitrogens with one attached hydrogen (secondary N) is 1. The van der Waals surface area contributed by atoms with E-state index in [0.717, 1.165) is 41.8 Å². The van der Waals surface area contributed by atoms with Gasteiger partial charge in [-0.15, -0.1) is 0 Å². The highest BCUT2D eigenvalue weighted by atomic mass is 16.2. The summed E-state index contributed by atoms with van der Waals surface area (Å²) < 4.78 is 0. The van der Waals surface area contributed by atoms with Crippen molar-refractivity contribution in [1.29, 1.82) is 0 Å². The number of H-pyrrole nitrogens is 1. The van der Waals surface area contributed by atoms with E-state index < -0.39 is 0 Å². The first-order valence-corrected chi connectivity index (χ1v) is 9.69. The van der Waals surface area contributed by atoms with Gasteiger partial charge >= 0.3 is 0 Å². The Hall–Kier alpha value is -2.88. The molecule has 4 nitrogen and oxygen atoms in total. The first-order valence-electron chi connectivity index (χ1n) is 9.69. The molecule has 27 heavy (non-hydrogen) atoms. The molecule has 2 aromatic carbocycles. The van der Waals surface area contributed by atoms with Gasteiger partial charge in [-0.1, -0.05) is 67.9 Å². The molecule has 0 radical (unpaired) electrons. The van der Waals surface area contributed by atoms with Gasteiger partial charge in [-0.3, -0.25) is 9.89 Å². The summed E-state index contributed by atoms with van der Waals surface area (Å²) >= 11 is 0. The van der Waals surface area contributed by atoms with Crippen LogP contribution in [0, 0.1) is 6.92 Å². The van der Waals surface area contributed by atoms with Crippen LogP contribution in [-0.2, 0) is 6.42 Å². The predicted octanol–water partition coefficient (Wildman–Crippen LogP) is 4.90. The van der Waals surface area contributed by atoms with Crippen LogP contribution in [0.2, 0.25) is 0 Å². The average Bonchev–Trinajstić information content (AvgIpc) is 3.23. The number of fused-ring (bicyclic) bond motifs is 1. The third-order valence-electron chi connectivity index (χ3n) is 5.36. The monoisotopic (exact) mass is 359 g/mol. The fourth-order valence-electron chi connectivity index (χ4n) is 3.88. The molecule has 0 spiro atoms. The van der Waals surface area contributed by atoms with Gasteiger partial charge in [-0.2, -0.15) is 5.10 Å². The van der Waals surface area contributed by atoms with E-state index in [2.05, 4.69) is 79.5 Å². The number of aryl methyl sites for hydroxylation is 2. The van der Waals surface area contributed by atoms with Gasteiger partial charge < -0.3 is 4.90 Å². The number of amides is 1. The molecule has 138 valence electrons. The zero-order valence-corrected chi connectivity index (χ0v) is 16.1. The summed E-state index contributed by atoms with van der Waals surface area (Å²) in [7, 11) is 0. The molecule has 1 N–H and O–H groups in total. The molecule has 1 amide bonds. The highest BCUT2D eigenvalue weighted by Crippen LogP contribution is 2.42. The van der Waals surface area contributed by atoms with Gasteiger partial charge in [0.2, 0.25) is 0 Å². The lowest BCUT2D eigenvalue weighted by atomic mass is 9.95. The van der Waals surface area contributed by atoms with Crippen molar-refractivity contribution in [3.8, 4) is 11.3 Å². The van der Waals surface area contributed by atoms with Gasteiger partial charge in [0.25, 0.3) is 5.91 Å². The summed E-state index contributed by atoms with van der Waals surface area (Å²) in [5.41, 5.74) is 7.20. The molecule has 2 heterocycles. The summed E-state index contributed by atoms with van der Waals surface area (Å²) in [6.45, 7) is 7.07. The van der Waals surface area contributed by atoms with Crippen molar-refractivity contribution in [3.05, 3.63) is 76.5 Å². The van der Waals surface area contributed by atoms with E-state index >= 15 is 0 Å². The second-order valence-corrected chi connectivity index (χ2v) is 7.22. The molecule has 0 saturated heterocycles. The minimum atomic E-state index is -0.0894. The maximum Gasteiger partial charge on any atom is 0.273 e. The Kier molecular flexibility index (Phi) is 4.56. The number of carbonyl (C=O) groups excluding carboxylic acids is 1. The third-order valence-corrected chi connectivity index (χ3v) is 5.36. The number of rotatable bonds is 5. The molecular weight excluding hydrogens is 334 g/mol. The molecule has 0 fully saturated rings. The van der Waals surface area contributed by atoms with Crippen LogP contribution >= 0.6 is 0 Å². The fourth-order valence-corrected chi connectivity index (χ4v) is 3.88. The van der Waals surface area contributed by atoms with Crippen molar-refractivity contribution in [1.82, 2.24) is 15.1 Å². The minimum Gasteiger partial charge on any atom is -0.326 e. The average molecular weight is 359 g/mol. The molecule has 3 aromatic rings. The van der Waals surface area contributed by atoms with Gasteiger partial charge in [-0.05, 0) is 30.9 Å². The zero-order chi connectivity index (χ0) is 19.0. The largest absolute Gasteiger partial charge is 0.326 e. The number of hydrogen-bond acceptors (Lipinski definition) is 2. The number of hydrogen-bond donors (Lipinski definition) is 1. The van der Waals surface area contributed by atoms with Crippen LogP contribution in [0.25, 0.3) is 11.3 Å². The molecule has 1 atom stereocenters. The summed E-state index contributed by atoms with van der Waals surface area (Å²) in [6, 6.07) is 16.9. The lowest BCUT2D eigenvalue weighted by Gasteiger charge is -2.26. The first-order chi connectivity index (χ1) is 13.1. The van der Waals surface area contributed by atoms with Crippen molar-refractivity contribution in [2.24, 2.45) is 0 Å². The smallest absolute Gasteiger partial charge is 0.273 e. The van der Waals surface area contributed by atoms with E-state index in [4.69, 9.17) is 0 Å². The standard InChI is InChI=1S/C23H25N3O/c1-4-14-26-22(18-12-8-16(5-2)9-13-18)19-20(24-25-21(19)23(26)27)17-10-6-15(3)7-11-17/h6-13,22H,4-5,14H2,1-3H3,(H,24,25). The van der Waals surface area contributed by atoms with Gasteiger partial charge in [-0.25, -0.2) is 0 Å². The number of aromatic amines is 1.